The number of hydrogen-bond acceptors (Lipinski definition) is 5. The number of thiocarbonyl (C=S) groups is 1. The number of thiophene rings is 1. The van der Waals surface area contributed by atoms with Gasteiger partial charge in [-0.1, -0.05) is 54.5 Å². The summed E-state index contributed by atoms with van der Waals surface area (Å²) < 4.78 is 19.9. The Balaban J connectivity index is 1.58. The molecule has 4 aromatic rings. The van der Waals surface area contributed by atoms with Gasteiger partial charge < -0.3 is 14.7 Å². The minimum absolute atomic E-state index is 0.314. The molecule has 1 N–H and O–H groups in total. The lowest BCUT2D eigenvalue weighted by Gasteiger charge is -2.37. The maximum atomic E-state index is 14.1. The van der Waals surface area contributed by atoms with E-state index in [0.29, 0.717) is 23.4 Å². The third-order valence-corrected chi connectivity index (χ3v) is 7.15. The van der Waals surface area contributed by atoms with E-state index in [1.807, 2.05) is 41.5 Å². The van der Waals surface area contributed by atoms with Crippen LogP contribution in [0.2, 0.25) is 0 Å². The first-order valence-corrected chi connectivity index (χ1v) is 12.3. The van der Waals surface area contributed by atoms with Crippen molar-refractivity contribution in [1.29, 1.82) is 0 Å². The smallest absolute Gasteiger partial charge is 0.258 e. The molecule has 0 bridgehead atoms. The molecule has 172 valence electrons. The molecule has 0 radical (unpaired) electrons. The maximum absolute atomic E-state index is 14.1. The van der Waals surface area contributed by atoms with E-state index in [9.17, 15) is 4.39 Å². The molecule has 3 heterocycles. The first kappa shape index (κ1) is 22.4. The molecule has 1 unspecified atom stereocenters. The Hall–Kier alpha value is -3.36. The van der Waals surface area contributed by atoms with Gasteiger partial charge in [0.25, 0.3) is 5.89 Å². The Morgan fingerprint density at radius 3 is 2.68 bits per heavy atom. The Morgan fingerprint density at radius 1 is 1.15 bits per heavy atom. The number of rotatable bonds is 6. The minimum Gasteiger partial charge on any atom is -0.351 e. The van der Waals surface area contributed by atoms with Crippen molar-refractivity contribution in [3.05, 3.63) is 99.5 Å². The van der Waals surface area contributed by atoms with Gasteiger partial charge in [0.1, 0.15) is 5.82 Å². The van der Waals surface area contributed by atoms with Crippen molar-refractivity contribution in [3.8, 4) is 11.4 Å². The summed E-state index contributed by atoms with van der Waals surface area (Å²) in [5, 5.41) is 10.2. The molecule has 0 saturated heterocycles. The summed E-state index contributed by atoms with van der Waals surface area (Å²) in [6, 6.07) is 18.3. The fourth-order valence-electron chi connectivity index (χ4n) is 4.08. The lowest BCUT2D eigenvalue weighted by atomic mass is 9.94. The van der Waals surface area contributed by atoms with Gasteiger partial charge >= 0.3 is 0 Å². The molecule has 5 rings (SSSR count). The largest absolute Gasteiger partial charge is 0.351 e. The van der Waals surface area contributed by atoms with Gasteiger partial charge in [0.05, 0.1) is 18.2 Å². The maximum Gasteiger partial charge on any atom is 0.258 e. The van der Waals surface area contributed by atoms with Crippen LogP contribution in [0.3, 0.4) is 0 Å². The van der Waals surface area contributed by atoms with E-state index in [4.69, 9.17) is 21.7 Å². The number of hydrogen-bond donors (Lipinski definition) is 1. The first-order valence-electron chi connectivity index (χ1n) is 11.0. The summed E-state index contributed by atoms with van der Waals surface area (Å²) in [4.78, 5) is 7.92. The van der Waals surface area contributed by atoms with Crippen LogP contribution in [0, 0.1) is 5.82 Å². The topological polar surface area (TPSA) is 54.2 Å². The average molecular weight is 491 g/mol. The second-order valence-electron chi connectivity index (χ2n) is 8.08. The second-order valence-corrected chi connectivity index (χ2v) is 9.49. The predicted molar refractivity (Wildman–Crippen MR) is 136 cm³/mol. The minimum atomic E-state index is -0.418. The van der Waals surface area contributed by atoms with Gasteiger partial charge in [0.15, 0.2) is 5.11 Å². The highest BCUT2D eigenvalue weighted by Gasteiger charge is 2.34. The lowest BCUT2D eigenvalue weighted by molar-refractivity contribution is 0.396. The average Bonchev–Trinajstić information content (AvgIpc) is 3.54. The van der Waals surface area contributed by atoms with Crippen LogP contribution in [0.25, 0.3) is 17.0 Å². The number of aryl methyl sites for hydroxylation is 1. The van der Waals surface area contributed by atoms with Crippen molar-refractivity contribution < 1.29 is 8.91 Å². The van der Waals surface area contributed by atoms with Gasteiger partial charge in [-0.05, 0) is 60.3 Å². The Morgan fingerprint density at radius 2 is 1.97 bits per heavy atom. The molecule has 0 amide bonds. The predicted octanol–water partition coefficient (Wildman–Crippen LogP) is 6.36. The molecule has 1 aliphatic heterocycles. The van der Waals surface area contributed by atoms with E-state index in [0.717, 1.165) is 28.8 Å². The highest BCUT2D eigenvalue weighted by Crippen LogP contribution is 2.38. The highest BCUT2D eigenvalue weighted by molar-refractivity contribution is 7.80. The molecule has 0 spiro atoms. The molecule has 0 aliphatic carbocycles. The third-order valence-electron chi connectivity index (χ3n) is 5.95. The fourth-order valence-corrected chi connectivity index (χ4v) is 5.09. The van der Waals surface area contributed by atoms with Crippen LogP contribution in [0.15, 0.2) is 76.3 Å². The third kappa shape index (κ3) is 4.38. The van der Waals surface area contributed by atoms with Crippen molar-refractivity contribution in [3.63, 3.8) is 0 Å². The summed E-state index contributed by atoms with van der Waals surface area (Å²) >= 11 is 7.39. The zero-order valence-electron chi connectivity index (χ0n) is 18.8. The summed E-state index contributed by atoms with van der Waals surface area (Å²) in [6.07, 6.45) is 0.963. The monoisotopic (exact) mass is 490 g/mol. The quantitative estimate of drug-likeness (QED) is 0.317. The van der Waals surface area contributed by atoms with Crippen molar-refractivity contribution in [2.24, 2.45) is 0 Å². The van der Waals surface area contributed by atoms with Gasteiger partial charge in [-0.3, -0.25) is 0 Å². The van der Waals surface area contributed by atoms with Crippen LogP contribution in [-0.4, -0.2) is 20.2 Å². The fraction of sp³-hybridized carbons (Fsp3) is 0.192. The van der Waals surface area contributed by atoms with Crippen molar-refractivity contribution in [2.75, 3.05) is 0 Å². The summed E-state index contributed by atoms with van der Waals surface area (Å²) in [5.74, 6) is 0.576. The molecule has 1 aliphatic rings. The molecule has 8 heteroatoms. The Labute approximate surface area is 206 Å². The van der Waals surface area contributed by atoms with Crippen molar-refractivity contribution in [2.45, 2.75) is 32.9 Å². The van der Waals surface area contributed by atoms with E-state index in [-0.39, 0.29) is 5.82 Å². The molecule has 1 atom stereocenters. The number of nitrogens with one attached hydrogen (secondary N) is 1. The number of nitrogens with zero attached hydrogens (tertiary/aromatic N) is 3. The van der Waals surface area contributed by atoms with Crippen LogP contribution in [0.5, 0.6) is 0 Å². The second kappa shape index (κ2) is 9.48. The van der Waals surface area contributed by atoms with Crippen LogP contribution < -0.4 is 5.32 Å². The molecule has 2 aromatic heterocycles. The number of allylic oxidation sites excluding steroid dienone is 1. The molecular formula is C26H23FN4OS2. The summed E-state index contributed by atoms with van der Waals surface area (Å²) in [7, 11) is 0. The molecular weight excluding hydrogens is 467 g/mol. The molecule has 0 fully saturated rings. The lowest BCUT2D eigenvalue weighted by Crippen LogP contribution is -2.45. The number of halogens is 1. The van der Waals surface area contributed by atoms with E-state index in [1.165, 1.54) is 22.6 Å². The van der Waals surface area contributed by atoms with E-state index in [1.54, 1.807) is 17.4 Å². The zero-order chi connectivity index (χ0) is 23.7. The summed E-state index contributed by atoms with van der Waals surface area (Å²) in [6.45, 7) is 4.72. The van der Waals surface area contributed by atoms with E-state index in [2.05, 4.69) is 35.6 Å². The Kier molecular flexibility index (Phi) is 6.26. The van der Waals surface area contributed by atoms with Crippen LogP contribution >= 0.6 is 23.6 Å². The normalized spacial score (nSPS) is 16.1. The molecule has 0 saturated carbocycles. The molecule has 34 heavy (non-hydrogen) atoms. The van der Waals surface area contributed by atoms with Gasteiger partial charge in [-0.15, -0.1) is 11.3 Å². The number of aromatic nitrogens is 2. The number of benzene rings is 2. The first-order chi connectivity index (χ1) is 16.5. The van der Waals surface area contributed by atoms with Crippen LogP contribution in [-0.2, 0) is 13.0 Å². The zero-order valence-corrected chi connectivity index (χ0v) is 20.4. The van der Waals surface area contributed by atoms with Gasteiger partial charge in [0, 0.05) is 16.1 Å². The van der Waals surface area contributed by atoms with Crippen molar-refractivity contribution in [1.82, 2.24) is 20.4 Å². The van der Waals surface area contributed by atoms with Gasteiger partial charge in [0.2, 0.25) is 5.82 Å². The van der Waals surface area contributed by atoms with Gasteiger partial charge in [-0.2, -0.15) is 4.98 Å². The summed E-state index contributed by atoms with van der Waals surface area (Å²) in [5.41, 5.74) is 4.52. The molecule has 5 nitrogen and oxygen atoms in total. The SMILES string of the molecule is CCc1ccc(-c2noc(C3=C(C)N(Cc4cccs4)C(=S)NC3c3cccc(F)c3)n2)cc1. The van der Waals surface area contributed by atoms with E-state index >= 15 is 0 Å². The standard InChI is InChI=1S/C26H23FN4OS2/c1-3-17-9-11-18(12-10-17)24-29-25(32-30-24)22-16(2)31(15-21-8-5-13-34-21)26(33)28-23(22)19-6-4-7-20(27)14-19/h4-14,23H,3,15H2,1-2H3,(H,28,33). The Bertz CT molecular complexity index is 1350. The van der Waals surface area contributed by atoms with Crippen LogP contribution in [0.4, 0.5) is 4.39 Å². The highest BCUT2D eigenvalue weighted by atomic mass is 32.1. The van der Waals surface area contributed by atoms with Crippen molar-refractivity contribution >= 4 is 34.2 Å². The van der Waals surface area contributed by atoms with E-state index < -0.39 is 6.04 Å². The van der Waals surface area contributed by atoms with Crippen LogP contribution in [0.1, 0.15) is 41.8 Å². The van der Waals surface area contributed by atoms with Gasteiger partial charge in [-0.25, -0.2) is 4.39 Å². The molecule has 2 aromatic carbocycles.